The SMILES string of the molecule is CCC(C)(C)C(=O)OCC(=O)OC1C2CC3(O)CC(O2)C1O3. The van der Waals surface area contributed by atoms with Crippen molar-refractivity contribution in [3.63, 3.8) is 0 Å². The largest absolute Gasteiger partial charge is 0.454 e. The summed E-state index contributed by atoms with van der Waals surface area (Å²) < 4.78 is 21.5. The molecule has 5 atom stereocenters. The molecule has 0 aromatic heterocycles. The van der Waals surface area contributed by atoms with E-state index in [1.807, 2.05) is 6.92 Å². The zero-order valence-corrected chi connectivity index (χ0v) is 13.0. The molecule has 4 bridgehead atoms. The van der Waals surface area contributed by atoms with E-state index in [2.05, 4.69) is 0 Å². The van der Waals surface area contributed by atoms with Gasteiger partial charge in [0.05, 0.1) is 11.5 Å². The monoisotopic (exact) mass is 314 g/mol. The van der Waals surface area contributed by atoms with E-state index in [1.54, 1.807) is 13.8 Å². The Morgan fingerprint density at radius 1 is 1.32 bits per heavy atom. The van der Waals surface area contributed by atoms with Gasteiger partial charge in [0.15, 0.2) is 18.5 Å². The molecular formula is C15H22O7. The lowest BCUT2D eigenvalue weighted by atomic mass is 9.91. The Morgan fingerprint density at radius 2 is 2.00 bits per heavy atom. The van der Waals surface area contributed by atoms with Gasteiger partial charge in [-0.25, -0.2) is 4.79 Å². The lowest BCUT2D eigenvalue weighted by Crippen LogP contribution is -2.49. The summed E-state index contributed by atoms with van der Waals surface area (Å²) in [6.07, 6.45) is -0.246. The molecule has 4 fully saturated rings. The molecule has 4 heterocycles. The Kier molecular flexibility index (Phi) is 3.70. The van der Waals surface area contributed by atoms with E-state index >= 15 is 0 Å². The van der Waals surface area contributed by atoms with Crippen molar-refractivity contribution in [1.29, 1.82) is 0 Å². The van der Waals surface area contributed by atoms with Gasteiger partial charge in [0.2, 0.25) is 0 Å². The lowest BCUT2D eigenvalue weighted by molar-refractivity contribution is -0.260. The molecule has 7 heteroatoms. The van der Waals surface area contributed by atoms with Crippen molar-refractivity contribution in [2.45, 2.75) is 70.2 Å². The number of carbonyl (C=O) groups excluding carboxylic acids is 2. The van der Waals surface area contributed by atoms with Gasteiger partial charge in [-0.3, -0.25) is 4.79 Å². The molecule has 0 aromatic carbocycles. The molecule has 0 aromatic rings. The molecule has 4 rings (SSSR count). The molecule has 124 valence electrons. The number of aliphatic hydroxyl groups is 1. The summed E-state index contributed by atoms with van der Waals surface area (Å²) in [4.78, 5) is 23.7. The first-order valence-electron chi connectivity index (χ1n) is 7.66. The minimum atomic E-state index is -1.14. The van der Waals surface area contributed by atoms with E-state index in [-0.39, 0.29) is 12.2 Å². The van der Waals surface area contributed by atoms with Crippen LogP contribution in [-0.2, 0) is 28.5 Å². The number of hydrogen-bond donors (Lipinski definition) is 1. The van der Waals surface area contributed by atoms with Gasteiger partial charge < -0.3 is 24.1 Å². The van der Waals surface area contributed by atoms with Crippen LogP contribution in [0.1, 0.15) is 40.0 Å². The third-order valence-corrected chi connectivity index (χ3v) is 4.83. The molecular weight excluding hydrogens is 292 g/mol. The zero-order chi connectivity index (χ0) is 16.1. The quantitative estimate of drug-likeness (QED) is 0.740. The van der Waals surface area contributed by atoms with Gasteiger partial charge in [-0.15, -0.1) is 0 Å². The third-order valence-electron chi connectivity index (χ3n) is 4.83. The first-order chi connectivity index (χ1) is 10.2. The second kappa shape index (κ2) is 5.18. The standard InChI is InChI=1S/C15H22O7/c1-4-14(2,3)13(17)19-7-10(16)21-11-8-5-15(18)6-9(20-8)12(11)22-15/h8-9,11-12,18H,4-7H2,1-3H3. The third kappa shape index (κ3) is 2.61. The van der Waals surface area contributed by atoms with Crippen LogP contribution in [0.3, 0.4) is 0 Å². The fraction of sp³-hybridized carbons (Fsp3) is 0.867. The normalized spacial score (nSPS) is 39.1. The molecule has 4 saturated heterocycles. The Labute approximate surface area is 128 Å². The van der Waals surface area contributed by atoms with Crippen LogP contribution in [0.5, 0.6) is 0 Å². The van der Waals surface area contributed by atoms with Gasteiger partial charge in [-0.2, -0.15) is 0 Å². The van der Waals surface area contributed by atoms with Gasteiger partial charge in [-0.1, -0.05) is 6.92 Å². The molecule has 4 aliphatic heterocycles. The van der Waals surface area contributed by atoms with Crippen molar-refractivity contribution < 1.29 is 33.6 Å². The van der Waals surface area contributed by atoms with Crippen LogP contribution in [0, 0.1) is 5.41 Å². The molecule has 0 saturated carbocycles. The Morgan fingerprint density at radius 3 is 2.64 bits per heavy atom. The average molecular weight is 314 g/mol. The summed E-state index contributed by atoms with van der Waals surface area (Å²) in [6, 6.07) is 0. The Balaban J connectivity index is 1.51. The summed E-state index contributed by atoms with van der Waals surface area (Å²) in [7, 11) is 0. The van der Waals surface area contributed by atoms with Crippen LogP contribution < -0.4 is 0 Å². The number of ether oxygens (including phenoxy) is 4. The molecule has 0 radical (unpaired) electrons. The molecule has 22 heavy (non-hydrogen) atoms. The second-order valence-electron chi connectivity index (χ2n) is 6.92. The average Bonchev–Trinajstić information content (AvgIpc) is 2.82. The first kappa shape index (κ1) is 15.7. The topological polar surface area (TPSA) is 91.3 Å². The number of rotatable bonds is 5. The van der Waals surface area contributed by atoms with Crippen LogP contribution >= 0.6 is 0 Å². The lowest BCUT2D eigenvalue weighted by Gasteiger charge is -2.36. The van der Waals surface area contributed by atoms with E-state index in [4.69, 9.17) is 18.9 Å². The maximum Gasteiger partial charge on any atom is 0.344 e. The maximum absolute atomic E-state index is 11.9. The van der Waals surface area contributed by atoms with Gasteiger partial charge in [-0.05, 0) is 20.3 Å². The van der Waals surface area contributed by atoms with Crippen LogP contribution in [0.25, 0.3) is 0 Å². The fourth-order valence-electron chi connectivity index (χ4n) is 3.13. The highest BCUT2D eigenvalue weighted by Gasteiger charge is 2.64. The summed E-state index contributed by atoms with van der Waals surface area (Å²) in [5, 5.41) is 10.1. The summed E-state index contributed by atoms with van der Waals surface area (Å²) >= 11 is 0. The smallest absolute Gasteiger partial charge is 0.344 e. The van der Waals surface area contributed by atoms with Gasteiger partial charge in [0, 0.05) is 12.8 Å². The summed E-state index contributed by atoms with van der Waals surface area (Å²) in [6.45, 7) is 4.98. The van der Waals surface area contributed by atoms with E-state index in [0.717, 1.165) is 0 Å². The Hall–Kier alpha value is -1.18. The molecule has 0 amide bonds. The summed E-state index contributed by atoms with van der Waals surface area (Å²) in [5.74, 6) is -2.19. The van der Waals surface area contributed by atoms with Crippen molar-refractivity contribution in [1.82, 2.24) is 0 Å². The Bertz CT molecular complexity index is 484. The predicted octanol–water partition coefficient (Wildman–Crippen LogP) is 0.526. The fourth-order valence-corrected chi connectivity index (χ4v) is 3.13. The van der Waals surface area contributed by atoms with Crippen molar-refractivity contribution in [2.24, 2.45) is 5.41 Å². The zero-order valence-electron chi connectivity index (χ0n) is 13.0. The number of carbonyl (C=O) groups is 2. The molecule has 0 spiro atoms. The van der Waals surface area contributed by atoms with Crippen molar-refractivity contribution in [3.8, 4) is 0 Å². The van der Waals surface area contributed by atoms with E-state index in [0.29, 0.717) is 19.3 Å². The highest BCUT2D eigenvalue weighted by atomic mass is 16.7. The van der Waals surface area contributed by atoms with Gasteiger partial charge >= 0.3 is 11.9 Å². The van der Waals surface area contributed by atoms with Crippen LogP contribution in [0.15, 0.2) is 0 Å². The van der Waals surface area contributed by atoms with Crippen molar-refractivity contribution >= 4 is 11.9 Å². The van der Waals surface area contributed by atoms with Crippen molar-refractivity contribution in [3.05, 3.63) is 0 Å². The first-order valence-corrected chi connectivity index (χ1v) is 7.66. The van der Waals surface area contributed by atoms with Crippen LogP contribution in [0.2, 0.25) is 0 Å². The number of esters is 2. The summed E-state index contributed by atoms with van der Waals surface area (Å²) in [5.41, 5.74) is -0.624. The minimum absolute atomic E-state index is 0.233. The van der Waals surface area contributed by atoms with E-state index < -0.39 is 42.0 Å². The highest BCUT2D eigenvalue weighted by molar-refractivity contribution is 5.79. The number of hydrogen-bond acceptors (Lipinski definition) is 7. The van der Waals surface area contributed by atoms with Crippen LogP contribution in [-0.4, -0.2) is 53.9 Å². The van der Waals surface area contributed by atoms with Crippen LogP contribution in [0.4, 0.5) is 0 Å². The molecule has 4 aliphatic rings. The van der Waals surface area contributed by atoms with E-state index in [9.17, 15) is 14.7 Å². The van der Waals surface area contributed by atoms with Crippen molar-refractivity contribution in [2.75, 3.05) is 6.61 Å². The molecule has 7 nitrogen and oxygen atoms in total. The van der Waals surface area contributed by atoms with Gasteiger partial charge in [0.25, 0.3) is 0 Å². The second-order valence-corrected chi connectivity index (χ2v) is 6.92. The highest BCUT2D eigenvalue weighted by Crippen LogP contribution is 2.49. The molecule has 0 aliphatic carbocycles. The molecule has 1 N–H and O–H groups in total. The molecule has 5 unspecified atom stereocenters. The van der Waals surface area contributed by atoms with Gasteiger partial charge in [0.1, 0.15) is 12.2 Å². The predicted molar refractivity (Wildman–Crippen MR) is 72.6 cm³/mol. The maximum atomic E-state index is 11.9. The van der Waals surface area contributed by atoms with E-state index in [1.165, 1.54) is 0 Å². The minimum Gasteiger partial charge on any atom is -0.454 e.